The van der Waals surface area contributed by atoms with Crippen LogP contribution in [0.2, 0.25) is 5.02 Å². The van der Waals surface area contributed by atoms with Gasteiger partial charge in [-0.25, -0.2) is 0 Å². The second kappa shape index (κ2) is 11.5. The molecule has 3 N–H and O–H groups in total. The molecule has 0 saturated heterocycles. The van der Waals surface area contributed by atoms with Crippen LogP contribution in [0.25, 0.3) is 0 Å². The zero-order valence-electron chi connectivity index (χ0n) is 17.5. The van der Waals surface area contributed by atoms with E-state index in [2.05, 4.69) is 20.8 Å². The molecule has 0 bridgehead atoms. The number of aliphatic hydroxyl groups is 1. The minimum Gasteiger partial charge on any atom is -0.394 e. The lowest BCUT2D eigenvalue weighted by atomic mass is 9.95. The van der Waals surface area contributed by atoms with Gasteiger partial charge in [-0.05, 0) is 31.9 Å². The van der Waals surface area contributed by atoms with Gasteiger partial charge in [0.05, 0.1) is 22.9 Å². The van der Waals surface area contributed by atoms with E-state index in [4.69, 9.17) is 11.6 Å². The number of benzene rings is 1. The maximum absolute atomic E-state index is 12.6. The first-order valence-corrected chi connectivity index (χ1v) is 11.9. The van der Waals surface area contributed by atoms with Crippen molar-refractivity contribution in [3.05, 3.63) is 40.7 Å². The molecule has 1 aromatic carbocycles. The van der Waals surface area contributed by atoms with Crippen molar-refractivity contribution in [3.8, 4) is 0 Å². The Morgan fingerprint density at radius 3 is 2.68 bits per heavy atom. The van der Waals surface area contributed by atoms with E-state index in [0.29, 0.717) is 28.1 Å². The second-order valence-corrected chi connectivity index (χ2v) is 8.81. The molecular formula is C21H28ClN5O3S. The standard InChI is InChI=1S/C21H28ClN5O3S/c1-2-27-19(17(12-28)24-20(30)15-10-6-7-11-16(15)22)25-26-21(27)31-13-18(29)23-14-8-4-3-5-9-14/h6-7,10-11,14,17,28H,2-5,8-9,12-13H2,1H3,(H,23,29)(H,24,30)/t17-/m1/s1. The van der Waals surface area contributed by atoms with Crippen LogP contribution in [-0.4, -0.2) is 50.1 Å². The molecule has 1 aromatic heterocycles. The molecule has 1 atom stereocenters. The Morgan fingerprint density at radius 2 is 2.00 bits per heavy atom. The number of hydrogen-bond donors (Lipinski definition) is 3. The topological polar surface area (TPSA) is 109 Å². The number of hydrogen-bond acceptors (Lipinski definition) is 6. The highest BCUT2D eigenvalue weighted by molar-refractivity contribution is 7.99. The highest BCUT2D eigenvalue weighted by atomic mass is 35.5. The molecule has 8 nitrogen and oxygen atoms in total. The first-order chi connectivity index (χ1) is 15.0. The van der Waals surface area contributed by atoms with Gasteiger partial charge in [0.1, 0.15) is 6.04 Å². The Labute approximate surface area is 191 Å². The lowest BCUT2D eigenvalue weighted by Gasteiger charge is -2.22. The fourth-order valence-electron chi connectivity index (χ4n) is 3.68. The van der Waals surface area contributed by atoms with Crippen LogP contribution in [-0.2, 0) is 11.3 Å². The molecule has 0 radical (unpaired) electrons. The van der Waals surface area contributed by atoms with Gasteiger partial charge < -0.3 is 20.3 Å². The Balaban J connectivity index is 1.64. The number of thioether (sulfide) groups is 1. The van der Waals surface area contributed by atoms with E-state index in [1.165, 1.54) is 18.2 Å². The van der Waals surface area contributed by atoms with Gasteiger partial charge in [0.15, 0.2) is 11.0 Å². The van der Waals surface area contributed by atoms with Crippen LogP contribution >= 0.6 is 23.4 Å². The van der Waals surface area contributed by atoms with Gasteiger partial charge in [-0.3, -0.25) is 9.59 Å². The minimum absolute atomic E-state index is 0.0187. The van der Waals surface area contributed by atoms with Crippen molar-refractivity contribution >= 4 is 35.2 Å². The number of halogens is 1. The number of carbonyl (C=O) groups excluding carboxylic acids is 2. The van der Waals surface area contributed by atoms with E-state index in [9.17, 15) is 14.7 Å². The number of aliphatic hydroxyl groups excluding tert-OH is 1. The monoisotopic (exact) mass is 465 g/mol. The molecule has 31 heavy (non-hydrogen) atoms. The first kappa shape index (κ1) is 23.6. The predicted molar refractivity (Wildman–Crippen MR) is 120 cm³/mol. The molecule has 2 amide bonds. The molecule has 1 heterocycles. The van der Waals surface area contributed by atoms with Gasteiger partial charge in [0, 0.05) is 12.6 Å². The fourth-order valence-corrected chi connectivity index (χ4v) is 4.72. The van der Waals surface area contributed by atoms with Gasteiger partial charge in [0.25, 0.3) is 5.91 Å². The molecule has 2 aromatic rings. The summed E-state index contributed by atoms with van der Waals surface area (Å²) in [5.74, 6) is 0.247. The minimum atomic E-state index is -0.748. The quantitative estimate of drug-likeness (QED) is 0.491. The average molecular weight is 466 g/mol. The van der Waals surface area contributed by atoms with Gasteiger partial charge in [-0.2, -0.15) is 0 Å². The number of aromatic nitrogens is 3. The van der Waals surface area contributed by atoms with E-state index < -0.39 is 11.9 Å². The Bertz CT molecular complexity index is 901. The van der Waals surface area contributed by atoms with Crippen LogP contribution in [0.5, 0.6) is 0 Å². The van der Waals surface area contributed by atoms with Gasteiger partial charge in [-0.15, -0.1) is 10.2 Å². The molecule has 1 fully saturated rings. The lowest BCUT2D eigenvalue weighted by Crippen LogP contribution is -2.37. The maximum atomic E-state index is 12.6. The average Bonchev–Trinajstić information content (AvgIpc) is 3.19. The van der Waals surface area contributed by atoms with Crippen molar-refractivity contribution < 1.29 is 14.7 Å². The fraction of sp³-hybridized carbons (Fsp3) is 0.524. The second-order valence-electron chi connectivity index (χ2n) is 7.46. The summed E-state index contributed by atoms with van der Waals surface area (Å²) < 4.78 is 1.80. The maximum Gasteiger partial charge on any atom is 0.253 e. The van der Waals surface area contributed by atoms with Crippen LogP contribution in [0.1, 0.15) is 61.3 Å². The zero-order chi connectivity index (χ0) is 22.2. The number of nitrogens with one attached hydrogen (secondary N) is 2. The van der Waals surface area contributed by atoms with Gasteiger partial charge in [0.2, 0.25) is 5.91 Å². The predicted octanol–water partition coefficient (Wildman–Crippen LogP) is 2.96. The van der Waals surface area contributed by atoms with Crippen LogP contribution < -0.4 is 10.6 Å². The van der Waals surface area contributed by atoms with E-state index in [-0.39, 0.29) is 24.3 Å². The molecule has 1 aliphatic rings. The number of amides is 2. The van der Waals surface area contributed by atoms with Crippen molar-refractivity contribution in [2.75, 3.05) is 12.4 Å². The lowest BCUT2D eigenvalue weighted by molar-refractivity contribution is -0.119. The highest BCUT2D eigenvalue weighted by Crippen LogP contribution is 2.23. The Kier molecular flexibility index (Phi) is 8.74. The van der Waals surface area contributed by atoms with Crippen LogP contribution in [0, 0.1) is 0 Å². The first-order valence-electron chi connectivity index (χ1n) is 10.5. The summed E-state index contributed by atoms with van der Waals surface area (Å²) in [6.45, 7) is 2.11. The van der Waals surface area contributed by atoms with Crippen molar-refractivity contribution in [3.63, 3.8) is 0 Å². The zero-order valence-corrected chi connectivity index (χ0v) is 19.1. The number of carbonyl (C=O) groups is 2. The van der Waals surface area contributed by atoms with Crippen molar-refractivity contribution in [2.24, 2.45) is 0 Å². The Morgan fingerprint density at radius 1 is 1.26 bits per heavy atom. The summed E-state index contributed by atoms with van der Waals surface area (Å²) in [6, 6.07) is 6.22. The summed E-state index contributed by atoms with van der Waals surface area (Å²) in [5, 5.41) is 25.0. The van der Waals surface area contributed by atoms with E-state index in [0.717, 1.165) is 25.7 Å². The van der Waals surface area contributed by atoms with Crippen LogP contribution in [0.15, 0.2) is 29.4 Å². The van der Waals surface area contributed by atoms with Crippen LogP contribution in [0.4, 0.5) is 0 Å². The summed E-state index contributed by atoms with van der Waals surface area (Å²) in [4.78, 5) is 24.9. The summed E-state index contributed by atoms with van der Waals surface area (Å²) in [5.41, 5.74) is 0.319. The van der Waals surface area contributed by atoms with Gasteiger partial charge >= 0.3 is 0 Å². The molecule has 168 valence electrons. The summed E-state index contributed by atoms with van der Waals surface area (Å²) in [6.07, 6.45) is 5.63. The summed E-state index contributed by atoms with van der Waals surface area (Å²) >= 11 is 7.39. The van der Waals surface area contributed by atoms with E-state index >= 15 is 0 Å². The van der Waals surface area contributed by atoms with Gasteiger partial charge in [-0.1, -0.05) is 54.8 Å². The molecule has 0 aliphatic heterocycles. The normalized spacial score (nSPS) is 15.5. The van der Waals surface area contributed by atoms with E-state index in [1.54, 1.807) is 28.8 Å². The molecular weight excluding hydrogens is 438 g/mol. The molecule has 1 saturated carbocycles. The molecule has 0 unspecified atom stereocenters. The van der Waals surface area contributed by atoms with Crippen molar-refractivity contribution in [2.45, 2.75) is 62.8 Å². The third-order valence-electron chi connectivity index (χ3n) is 5.28. The largest absolute Gasteiger partial charge is 0.394 e. The third kappa shape index (κ3) is 6.21. The molecule has 1 aliphatic carbocycles. The van der Waals surface area contributed by atoms with Crippen molar-refractivity contribution in [1.29, 1.82) is 0 Å². The van der Waals surface area contributed by atoms with Crippen molar-refractivity contribution in [1.82, 2.24) is 25.4 Å². The number of nitrogens with zero attached hydrogens (tertiary/aromatic N) is 3. The van der Waals surface area contributed by atoms with Crippen LogP contribution in [0.3, 0.4) is 0 Å². The molecule has 0 spiro atoms. The Hall–Kier alpha value is -2.10. The summed E-state index contributed by atoms with van der Waals surface area (Å²) in [7, 11) is 0. The SMILES string of the molecule is CCn1c(SCC(=O)NC2CCCCC2)nnc1[C@@H](CO)NC(=O)c1ccccc1Cl. The number of rotatable bonds is 9. The van der Waals surface area contributed by atoms with E-state index in [1.807, 2.05) is 6.92 Å². The molecule has 10 heteroatoms. The molecule has 3 rings (SSSR count). The third-order valence-corrected chi connectivity index (χ3v) is 6.58. The highest BCUT2D eigenvalue weighted by Gasteiger charge is 2.24. The smallest absolute Gasteiger partial charge is 0.253 e.